The maximum absolute atomic E-state index is 10.2. The highest BCUT2D eigenvalue weighted by Crippen LogP contribution is 2.47. The average molecular weight is 588 g/mol. The standard InChI is InChI=1S/C43H25NO2/c44-26-27-23-29(28-11-2-1-3-12-28)25-30(24-27)41-32(33-17-10-22-40-42(33)37-14-5-7-21-39(37)45-40)15-8-16-34(41)36-19-9-18-35-31-13-4-6-20-38(31)46-43(35)36/h1-25H. The molecule has 0 spiro atoms. The van der Waals surface area contributed by atoms with Crippen LogP contribution < -0.4 is 0 Å². The molecular weight excluding hydrogens is 562 g/mol. The van der Waals surface area contributed by atoms with Crippen LogP contribution in [-0.2, 0) is 0 Å². The third-order valence-electron chi connectivity index (χ3n) is 8.91. The van der Waals surface area contributed by atoms with Crippen molar-refractivity contribution in [2.24, 2.45) is 0 Å². The van der Waals surface area contributed by atoms with Crippen LogP contribution in [0.5, 0.6) is 0 Å². The van der Waals surface area contributed by atoms with E-state index in [1.54, 1.807) is 0 Å². The molecule has 0 fully saturated rings. The molecule has 3 heteroatoms. The predicted octanol–water partition coefficient (Wildman–Crippen LogP) is 12.0. The second kappa shape index (κ2) is 10.4. The van der Waals surface area contributed by atoms with Gasteiger partial charge in [0, 0.05) is 27.1 Å². The summed E-state index contributed by atoms with van der Waals surface area (Å²) in [6.45, 7) is 0. The molecule has 46 heavy (non-hydrogen) atoms. The van der Waals surface area contributed by atoms with Crippen LogP contribution in [0.4, 0.5) is 0 Å². The fourth-order valence-electron chi connectivity index (χ4n) is 6.90. The smallest absolute Gasteiger partial charge is 0.143 e. The van der Waals surface area contributed by atoms with Crippen LogP contribution in [0, 0.1) is 11.3 Å². The predicted molar refractivity (Wildman–Crippen MR) is 187 cm³/mol. The van der Waals surface area contributed by atoms with Gasteiger partial charge >= 0.3 is 0 Å². The Hall–Kier alpha value is -6.37. The summed E-state index contributed by atoms with van der Waals surface area (Å²) in [5.41, 5.74) is 12.2. The van der Waals surface area contributed by atoms with E-state index in [1.807, 2.05) is 66.7 Å². The van der Waals surface area contributed by atoms with Gasteiger partial charge in [0.25, 0.3) is 0 Å². The van der Waals surface area contributed by atoms with Crippen molar-refractivity contribution in [2.45, 2.75) is 0 Å². The van der Waals surface area contributed by atoms with Crippen LogP contribution in [0.15, 0.2) is 160 Å². The van der Waals surface area contributed by atoms with Crippen molar-refractivity contribution >= 4 is 43.9 Å². The molecule has 0 atom stereocenters. The maximum Gasteiger partial charge on any atom is 0.143 e. The minimum atomic E-state index is 0.603. The topological polar surface area (TPSA) is 50.1 Å². The number of para-hydroxylation sites is 3. The SMILES string of the molecule is N#Cc1cc(-c2ccccc2)cc(-c2c(-c3cccc4c3oc3ccccc34)cccc2-c2cccc3oc4ccccc4c23)c1. The number of hydrogen-bond donors (Lipinski definition) is 0. The fourth-order valence-corrected chi connectivity index (χ4v) is 6.90. The van der Waals surface area contributed by atoms with Gasteiger partial charge < -0.3 is 8.83 Å². The Morgan fingerprint density at radius 3 is 1.83 bits per heavy atom. The van der Waals surface area contributed by atoms with Gasteiger partial charge in [0.05, 0.1) is 11.6 Å². The first-order chi connectivity index (χ1) is 22.8. The maximum atomic E-state index is 10.2. The van der Waals surface area contributed by atoms with Crippen LogP contribution in [-0.4, -0.2) is 0 Å². The number of furan rings is 2. The third-order valence-corrected chi connectivity index (χ3v) is 8.91. The average Bonchev–Trinajstić information content (AvgIpc) is 3.70. The molecule has 214 valence electrons. The lowest BCUT2D eigenvalue weighted by atomic mass is 9.84. The summed E-state index contributed by atoms with van der Waals surface area (Å²) in [5.74, 6) is 0. The van der Waals surface area contributed by atoms with Gasteiger partial charge in [0.2, 0.25) is 0 Å². The Labute approximate surface area is 265 Å². The van der Waals surface area contributed by atoms with Crippen molar-refractivity contribution in [1.82, 2.24) is 0 Å². The highest BCUT2D eigenvalue weighted by atomic mass is 16.3. The highest BCUT2D eigenvalue weighted by molar-refractivity contribution is 6.16. The molecule has 0 saturated carbocycles. The first kappa shape index (κ1) is 26.1. The monoisotopic (exact) mass is 587 g/mol. The lowest BCUT2D eigenvalue weighted by molar-refractivity contribution is 0.669. The molecule has 2 heterocycles. The van der Waals surface area contributed by atoms with Gasteiger partial charge in [-0.15, -0.1) is 0 Å². The molecule has 0 aliphatic carbocycles. The van der Waals surface area contributed by atoms with E-state index >= 15 is 0 Å². The second-order valence-corrected chi connectivity index (χ2v) is 11.6. The van der Waals surface area contributed by atoms with E-state index in [1.165, 1.54) is 0 Å². The highest BCUT2D eigenvalue weighted by Gasteiger charge is 2.22. The molecule has 0 N–H and O–H groups in total. The molecule has 0 bridgehead atoms. The number of benzene rings is 7. The Morgan fingerprint density at radius 1 is 0.413 bits per heavy atom. The van der Waals surface area contributed by atoms with E-state index < -0.39 is 0 Å². The third kappa shape index (κ3) is 4.05. The minimum Gasteiger partial charge on any atom is -0.456 e. The first-order valence-electron chi connectivity index (χ1n) is 15.3. The van der Waals surface area contributed by atoms with Gasteiger partial charge in [0.1, 0.15) is 22.3 Å². The largest absolute Gasteiger partial charge is 0.456 e. The van der Waals surface area contributed by atoms with Crippen LogP contribution >= 0.6 is 0 Å². The first-order valence-corrected chi connectivity index (χ1v) is 15.3. The summed E-state index contributed by atoms with van der Waals surface area (Å²) >= 11 is 0. The molecular formula is C43H25NO2. The van der Waals surface area contributed by atoms with Crippen LogP contribution in [0.2, 0.25) is 0 Å². The van der Waals surface area contributed by atoms with Gasteiger partial charge in [-0.05, 0) is 75.3 Å². The van der Waals surface area contributed by atoms with E-state index in [2.05, 4.69) is 91.0 Å². The molecule has 0 amide bonds. The van der Waals surface area contributed by atoms with Gasteiger partial charge in [-0.2, -0.15) is 5.26 Å². The van der Waals surface area contributed by atoms with Gasteiger partial charge in [-0.1, -0.05) is 115 Å². The van der Waals surface area contributed by atoms with Crippen molar-refractivity contribution in [3.05, 3.63) is 157 Å². The van der Waals surface area contributed by atoms with Crippen molar-refractivity contribution in [2.75, 3.05) is 0 Å². The Kier molecular flexibility index (Phi) is 5.88. The molecule has 0 radical (unpaired) electrons. The summed E-state index contributed by atoms with van der Waals surface area (Å²) in [4.78, 5) is 0. The quantitative estimate of drug-likeness (QED) is 0.206. The molecule has 2 aromatic heterocycles. The Balaban J connectivity index is 1.41. The molecule has 3 nitrogen and oxygen atoms in total. The molecule has 0 aliphatic heterocycles. The summed E-state index contributed by atoms with van der Waals surface area (Å²) in [6, 6.07) is 54.2. The number of nitriles is 1. The van der Waals surface area contributed by atoms with Crippen molar-refractivity contribution in [3.63, 3.8) is 0 Å². The number of rotatable bonds is 4. The second-order valence-electron chi connectivity index (χ2n) is 11.6. The minimum absolute atomic E-state index is 0.603. The number of hydrogen-bond acceptors (Lipinski definition) is 3. The van der Waals surface area contributed by atoms with E-state index in [0.717, 1.165) is 88.4 Å². The summed E-state index contributed by atoms with van der Waals surface area (Å²) in [7, 11) is 0. The molecule has 0 aliphatic rings. The van der Waals surface area contributed by atoms with E-state index in [-0.39, 0.29) is 0 Å². The van der Waals surface area contributed by atoms with Gasteiger partial charge in [-0.25, -0.2) is 0 Å². The van der Waals surface area contributed by atoms with Crippen molar-refractivity contribution in [3.8, 4) is 50.6 Å². The fraction of sp³-hybridized carbons (Fsp3) is 0. The van der Waals surface area contributed by atoms with Crippen LogP contribution in [0.1, 0.15) is 5.56 Å². The number of fused-ring (bicyclic) bond motifs is 6. The molecule has 7 aromatic carbocycles. The van der Waals surface area contributed by atoms with Gasteiger partial charge in [0.15, 0.2) is 0 Å². The molecule has 0 saturated heterocycles. The lowest BCUT2D eigenvalue weighted by Gasteiger charge is -2.18. The Morgan fingerprint density at radius 2 is 1.00 bits per heavy atom. The summed E-state index contributed by atoms with van der Waals surface area (Å²) in [6.07, 6.45) is 0. The van der Waals surface area contributed by atoms with Crippen molar-refractivity contribution < 1.29 is 8.83 Å². The van der Waals surface area contributed by atoms with E-state index in [4.69, 9.17) is 8.83 Å². The number of nitrogens with zero attached hydrogens (tertiary/aromatic N) is 1. The summed E-state index contributed by atoms with van der Waals surface area (Å²) in [5, 5.41) is 14.5. The van der Waals surface area contributed by atoms with Crippen molar-refractivity contribution in [1.29, 1.82) is 5.26 Å². The molecule has 0 unspecified atom stereocenters. The zero-order valence-corrected chi connectivity index (χ0v) is 24.7. The van der Waals surface area contributed by atoms with Crippen LogP contribution in [0.3, 0.4) is 0 Å². The zero-order chi connectivity index (χ0) is 30.6. The van der Waals surface area contributed by atoms with E-state index in [0.29, 0.717) is 5.56 Å². The molecule has 9 rings (SSSR count). The normalized spacial score (nSPS) is 11.5. The Bertz CT molecular complexity index is 2650. The lowest BCUT2D eigenvalue weighted by Crippen LogP contribution is -1.93. The summed E-state index contributed by atoms with van der Waals surface area (Å²) < 4.78 is 12.9. The molecule has 9 aromatic rings. The van der Waals surface area contributed by atoms with Gasteiger partial charge in [-0.3, -0.25) is 0 Å². The zero-order valence-electron chi connectivity index (χ0n) is 24.7. The van der Waals surface area contributed by atoms with Crippen LogP contribution in [0.25, 0.3) is 88.4 Å². The van der Waals surface area contributed by atoms with E-state index in [9.17, 15) is 5.26 Å².